The maximum Gasteiger partial charge on any atom is 0.336 e. The Hall–Kier alpha value is -3.36. The molecule has 9 heteroatoms. The van der Waals surface area contributed by atoms with Gasteiger partial charge in [0.25, 0.3) is 5.91 Å². The van der Waals surface area contributed by atoms with Gasteiger partial charge in [0.2, 0.25) is 0 Å². The molecule has 0 fully saturated rings. The lowest BCUT2D eigenvalue weighted by Gasteiger charge is -2.15. The largest absolute Gasteiger partial charge is 0.484 e. The standard InChI is InChI=1S/C20H23NO8/c1-12-9-19(25)29-16-10-13(7-8-14(12)16)28-11-17(22)21-15(20(26)27)5-3-2-4-6-18(23)24/h7-10,15H,2-6,11H2,1H3,(H,21,22)(H,23,24)(H,26,27). The number of benzene rings is 1. The lowest BCUT2D eigenvalue weighted by Crippen LogP contribution is -2.42. The maximum atomic E-state index is 12.0. The number of aryl methyl sites for hydroxylation is 1. The van der Waals surface area contributed by atoms with E-state index in [0.29, 0.717) is 30.6 Å². The molecule has 9 nitrogen and oxygen atoms in total. The molecule has 1 aromatic carbocycles. The molecular formula is C20H23NO8. The zero-order valence-corrected chi connectivity index (χ0v) is 16.0. The second-order valence-corrected chi connectivity index (χ2v) is 6.65. The van der Waals surface area contributed by atoms with E-state index < -0.39 is 36.1 Å². The van der Waals surface area contributed by atoms with Crippen molar-refractivity contribution in [2.75, 3.05) is 6.61 Å². The summed E-state index contributed by atoms with van der Waals surface area (Å²) in [5.74, 6) is -2.36. The Bertz CT molecular complexity index is 949. The van der Waals surface area contributed by atoms with Gasteiger partial charge in [0.15, 0.2) is 6.61 Å². The highest BCUT2D eigenvalue weighted by molar-refractivity contribution is 5.84. The van der Waals surface area contributed by atoms with Crippen LogP contribution in [0, 0.1) is 6.92 Å². The van der Waals surface area contributed by atoms with Crippen LogP contribution in [0.2, 0.25) is 0 Å². The van der Waals surface area contributed by atoms with Crippen LogP contribution >= 0.6 is 0 Å². The normalized spacial score (nSPS) is 11.8. The first-order valence-corrected chi connectivity index (χ1v) is 9.17. The van der Waals surface area contributed by atoms with Gasteiger partial charge in [0, 0.05) is 23.9 Å². The predicted molar refractivity (Wildman–Crippen MR) is 103 cm³/mol. The van der Waals surface area contributed by atoms with E-state index in [4.69, 9.17) is 14.3 Å². The number of aliphatic carboxylic acids is 2. The van der Waals surface area contributed by atoms with E-state index in [0.717, 1.165) is 10.9 Å². The summed E-state index contributed by atoms with van der Waals surface area (Å²) in [6.07, 6.45) is 1.72. The Morgan fingerprint density at radius 2 is 1.90 bits per heavy atom. The van der Waals surface area contributed by atoms with E-state index in [1.165, 1.54) is 12.1 Å². The van der Waals surface area contributed by atoms with Crippen molar-refractivity contribution >= 4 is 28.8 Å². The van der Waals surface area contributed by atoms with E-state index in [1.54, 1.807) is 19.1 Å². The van der Waals surface area contributed by atoms with Crippen molar-refractivity contribution in [1.29, 1.82) is 0 Å². The Labute approximate surface area is 166 Å². The molecule has 0 aliphatic carbocycles. The minimum atomic E-state index is -1.17. The van der Waals surface area contributed by atoms with Crippen LogP contribution in [0.3, 0.4) is 0 Å². The number of ether oxygens (including phenoxy) is 1. The second-order valence-electron chi connectivity index (χ2n) is 6.65. The van der Waals surface area contributed by atoms with Crippen LogP contribution in [0.1, 0.15) is 37.7 Å². The summed E-state index contributed by atoms with van der Waals surface area (Å²) in [6.45, 7) is 1.38. The van der Waals surface area contributed by atoms with Crippen molar-refractivity contribution in [3.05, 3.63) is 40.2 Å². The topological polar surface area (TPSA) is 143 Å². The number of hydrogen-bond donors (Lipinski definition) is 3. The highest BCUT2D eigenvalue weighted by atomic mass is 16.5. The zero-order valence-electron chi connectivity index (χ0n) is 16.0. The lowest BCUT2D eigenvalue weighted by molar-refractivity contribution is -0.142. The number of carbonyl (C=O) groups is 3. The molecule has 2 rings (SSSR count). The SMILES string of the molecule is Cc1cc(=O)oc2cc(OCC(=O)NC(CCCCCC(=O)O)C(=O)O)ccc12. The summed E-state index contributed by atoms with van der Waals surface area (Å²) in [5, 5.41) is 20.9. The van der Waals surface area contributed by atoms with Crippen LogP contribution in [0.25, 0.3) is 11.0 Å². The fourth-order valence-corrected chi connectivity index (χ4v) is 2.84. The molecule has 0 saturated heterocycles. The summed E-state index contributed by atoms with van der Waals surface area (Å²) in [7, 11) is 0. The van der Waals surface area contributed by atoms with E-state index in [2.05, 4.69) is 5.32 Å². The maximum absolute atomic E-state index is 12.0. The number of nitrogens with one attached hydrogen (secondary N) is 1. The number of hydrogen-bond acceptors (Lipinski definition) is 6. The quantitative estimate of drug-likeness (QED) is 0.381. The first-order chi connectivity index (χ1) is 13.8. The van der Waals surface area contributed by atoms with Crippen LogP contribution < -0.4 is 15.7 Å². The van der Waals surface area contributed by atoms with E-state index >= 15 is 0 Å². The molecule has 1 atom stereocenters. The molecule has 0 aliphatic rings. The van der Waals surface area contributed by atoms with Gasteiger partial charge < -0.3 is 24.7 Å². The molecule has 1 aromatic heterocycles. The zero-order chi connectivity index (χ0) is 21.4. The molecule has 0 saturated carbocycles. The van der Waals surface area contributed by atoms with Gasteiger partial charge in [0.05, 0.1) is 0 Å². The van der Waals surface area contributed by atoms with Crippen molar-refractivity contribution in [2.24, 2.45) is 0 Å². The number of carboxylic acids is 2. The summed E-state index contributed by atoms with van der Waals surface area (Å²) in [4.78, 5) is 45.3. The molecule has 0 radical (unpaired) electrons. The highest BCUT2D eigenvalue weighted by Gasteiger charge is 2.19. The molecule has 1 heterocycles. The smallest absolute Gasteiger partial charge is 0.336 e. The van der Waals surface area contributed by atoms with Gasteiger partial charge >= 0.3 is 17.6 Å². The molecule has 0 bridgehead atoms. The second kappa shape index (κ2) is 10.3. The Morgan fingerprint density at radius 3 is 2.59 bits per heavy atom. The molecule has 0 spiro atoms. The average molecular weight is 405 g/mol. The number of carbonyl (C=O) groups excluding carboxylic acids is 1. The van der Waals surface area contributed by atoms with Gasteiger partial charge in [-0.2, -0.15) is 0 Å². The molecule has 1 unspecified atom stereocenters. The van der Waals surface area contributed by atoms with Crippen molar-refractivity contribution in [3.8, 4) is 5.75 Å². The molecule has 3 N–H and O–H groups in total. The van der Waals surface area contributed by atoms with Crippen LogP contribution in [0.15, 0.2) is 33.5 Å². The van der Waals surface area contributed by atoms with Crippen LogP contribution in [0.5, 0.6) is 5.75 Å². The third-order valence-electron chi connectivity index (χ3n) is 4.31. The predicted octanol–water partition coefficient (Wildman–Crippen LogP) is 2.08. The number of rotatable bonds is 11. The first kappa shape index (κ1) is 21.9. The minimum absolute atomic E-state index is 0.0311. The lowest BCUT2D eigenvalue weighted by atomic mass is 10.1. The summed E-state index contributed by atoms with van der Waals surface area (Å²) in [5.41, 5.74) is 0.600. The highest BCUT2D eigenvalue weighted by Crippen LogP contribution is 2.22. The van der Waals surface area contributed by atoms with Gasteiger partial charge in [-0.1, -0.05) is 12.8 Å². The number of fused-ring (bicyclic) bond motifs is 1. The van der Waals surface area contributed by atoms with Crippen molar-refractivity contribution in [1.82, 2.24) is 5.32 Å². The fourth-order valence-electron chi connectivity index (χ4n) is 2.84. The third kappa shape index (κ3) is 6.95. The monoisotopic (exact) mass is 405 g/mol. The molecule has 156 valence electrons. The number of amides is 1. The Balaban J connectivity index is 1.87. The average Bonchev–Trinajstić information content (AvgIpc) is 2.64. The number of unbranched alkanes of at least 4 members (excludes halogenated alkanes) is 2. The minimum Gasteiger partial charge on any atom is -0.484 e. The van der Waals surface area contributed by atoms with Gasteiger partial charge in [-0.15, -0.1) is 0 Å². The fraction of sp³-hybridized carbons (Fsp3) is 0.400. The molecule has 29 heavy (non-hydrogen) atoms. The summed E-state index contributed by atoms with van der Waals surface area (Å²) in [6, 6.07) is 5.13. The van der Waals surface area contributed by atoms with E-state index in [1.807, 2.05) is 0 Å². The van der Waals surface area contributed by atoms with Gasteiger partial charge in [0.1, 0.15) is 17.4 Å². The molecule has 2 aromatic rings. The summed E-state index contributed by atoms with van der Waals surface area (Å²) < 4.78 is 10.5. The Kier molecular flexibility index (Phi) is 7.76. The van der Waals surface area contributed by atoms with Crippen LogP contribution in [0.4, 0.5) is 0 Å². The summed E-state index contributed by atoms with van der Waals surface area (Å²) >= 11 is 0. The third-order valence-corrected chi connectivity index (χ3v) is 4.31. The molecule has 1 amide bonds. The number of carboxylic acid groups (broad SMARTS) is 2. The van der Waals surface area contributed by atoms with Crippen molar-refractivity contribution in [2.45, 2.75) is 45.1 Å². The first-order valence-electron chi connectivity index (χ1n) is 9.17. The van der Waals surface area contributed by atoms with Crippen molar-refractivity contribution < 1.29 is 33.8 Å². The van der Waals surface area contributed by atoms with Gasteiger partial charge in [-0.05, 0) is 37.5 Å². The Morgan fingerprint density at radius 1 is 1.14 bits per heavy atom. The van der Waals surface area contributed by atoms with Crippen LogP contribution in [-0.2, 0) is 14.4 Å². The molecule has 0 aliphatic heterocycles. The van der Waals surface area contributed by atoms with Crippen LogP contribution in [-0.4, -0.2) is 40.7 Å². The van der Waals surface area contributed by atoms with Crippen molar-refractivity contribution in [3.63, 3.8) is 0 Å². The van der Waals surface area contributed by atoms with E-state index in [9.17, 15) is 24.3 Å². The van der Waals surface area contributed by atoms with Gasteiger partial charge in [-0.25, -0.2) is 9.59 Å². The van der Waals surface area contributed by atoms with Gasteiger partial charge in [-0.3, -0.25) is 9.59 Å². The van der Waals surface area contributed by atoms with E-state index in [-0.39, 0.29) is 12.8 Å². The molecular weight excluding hydrogens is 382 g/mol.